The Morgan fingerprint density at radius 3 is 2.77 bits per heavy atom. The molecule has 3 heteroatoms. The van der Waals surface area contributed by atoms with E-state index in [9.17, 15) is 4.79 Å². The molecule has 4 rings (SSSR count). The molecule has 0 spiro atoms. The van der Waals surface area contributed by atoms with E-state index in [1.54, 1.807) is 16.9 Å². The Morgan fingerprint density at radius 1 is 1.23 bits per heavy atom. The van der Waals surface area contributed by atoms with Crippen LogP contribution in [0.15, 0.2) is 17.0 Å². The lowest BCUT2D eigenvalue weighted by Crippen LogP contribution is -2.54. The van der Waals surface area contributed by atoms with Crippen LogP contribution in [0, 0.1) is 40.9 Å². The fourth-order valence-corrected chi connectivity index (χ4v) is 6.69. The van der Waals surface area contributed by atoms with Crippen molar-refractivity contribution in [2.24, 2.45) is 22.2 Å². The lowest BCUT2D eigenvalue weighted by molar-refractivity contribution is -0.141. The van der Waals surface area contributed by atoms with Gasteiger partial charge in [0.2, 0.25) is 0 Å². The van der Waals surface area contributed by atoms with E-state index < -0.39 is 0 Å². The van der Waals surface area contributed by atoms with Gasteiger partial charge in [-0.3, -0.25) is 4.79 Å². The van der Waals surface area contributed by atoms with Crippen LogP contribution in [0.2, 0.25) is 0 Å². The second kappa shape index (κ2) is 6.06. The first kappa shape index (κ1) is 18.0. The molecule has 0 amide bonds. The molecule has 2 nitrogen and oxygen atoms in total. The van der Waals surface area contributed by atoms with Gasteiger partial charge in [0.15, 0.2) is 5.01 Å². The smallest absolute Gasteiger partial charge is 0.167 e. The van der Waals surface area contributed by atoms with E-state index in [1.807, 2.05) is 6.92 Å². The lowest BCUT2D eigenvalue weighted by atomic mass is 9.44. The molecule has 138 valence electrons. The van der Waals surface area contributed by atoms with Crippen molar-refractivity contribution in [3.05, 3.63) is 27.7 Å². The molecule has 0 aromatic carbocycles. The summed E-state index contributed by atoms with van der Waals surface area (Å²) in [5.74, 6) is 8.02. The fraction of sp³-hybridized carbons (Fsp3) is 0.652. The summed E-state index contributed by atoms with van der Waals surface area (Å²) in [7, 11) is 0. The number of allylic oxidation sites excluding steroid dienone is 2. The maximum atomic E-state index is 12.6. The number of fused-ring (bicyclic) bond motifs is 3. The molecule has 1 aromatic heterocycles. The SMILES string of the molecule is Cc1csc(C#C[C@]23CCCC=C2[C@@]2(C)CCC(=O)C(C)(C)[C@@H]2CC3)n1. The van der Waals surface area contributed by atoms with Crippen LogP contribution >= 0.6 is 11.3 Å². The summed E-state index contributed by atoms with van der Waals surface area (Å²) in [6.45, 7) is 8.81. The summed E-state index contributed by atoms with van der Waals surface area (Å²) in [5, 5.41) is 3.01. The normalized spacial score (nSPS) is 35.6. The molecule has 1 aromatic rings. The number of ketones is 1. The Balaban J connectivity index is 1.76. The van der Waals surface area contributed by atoms with Crippen LogP contribution in [-0.4, -0.2) is 10.8 Å². The maximum Gasteiger partial charge on any atom is 0.167 e. The van der Waals surface area contributed by atoms with Gasteiger partial charge < -0.3 is 0 Å². The van der Waals surface area contributed by atoms with Crippen LogP contribution in [0.3, 0.4) is 0 Å². The van der Waals surface area contributed by atoms with E-state index in [0.29, 0.717) is 18.1 Å². The number of thiazole rings is 1. The van der Waals surface area contributed by atoms with Crippen LogP contribution in [0.1, 0.15) is 76.4 Å². The lowest BCUT2D eigenvalue weighted by Gasteiger charge is -2.59. The highest BCUT2D eigenvalue weighted by Gasteiger charge is 2.59. The molecule has 3 aliphatic carbocycles. The first-order valence-electron chi connectivity index (χ1n) is 9.98. The predicted molar refractivity (Wildman–Crippen MR) is 107 cm³/mol. The maximum absolute atomic E-state index is 12.6. The number of hydrogen-bond acceptors (Lipinski definition) is 3. The van der Waals surface area contributed by atoms with Crippen molar-refractivity contribution in [3.8, 4) is 11.8 Å². The molecule has 0 N–H and O–H groups in total. The van der Waals surface area contributed by atoms with Crippen molar-refractivity contribution < 1.29 is 4.79 Å². The molecule has 0 radical (unpaired) electrons. The predicted octanol–water partition coefficient (Wildman–Crippen LogP) is 5.71. The van der Waals surface area contributed by atoms with Crippen molar-refractivity contribution in [1.82, 2.24) is 4.98 Å². The summed E-state index contributed by atoms with van der Waals surface area (Å²) in [6.07, 6.45) is 9.93. The molecule has 26 heavy (non-hydrogen) atoms. The average Bonchev–Trinajstić information content (AvgIpc) is 3.02. The van der Waals surface area contributed by atoms with Crippen LogP contribution in [-0.2, 0) is 4.79 Å². The van der Waals surface area contributed by atoms with E-state index in [1.165, 1.54) is 6.42 Å². The van der Waals surface area contributed by atoms with Gasteiger partial charge in [0.05, 0.1) is 5.41 Å². The topological polar surface area (TPSA) is 30.0 Å². The number of Topliss-reactive ketones (excluding diaryl/α,β-unsaturated/α-hetero) is 1. The molecule has 3 atom stereocenters. The van der Waals surface area contributed by atoms with Crippen molar-refractivity contribution >= 4 is 17.1 Å². The minimum atomic E-state index is -0.211. The number of hydrogen-bond donors (Lipinski definition) is 0. The van der Waals surface area contributed by atoms with Crippen molar-refractivity contribution in [2.45, 2.75) is 72.6 Å². The molecule has 2 fully saturated rings. The number of rotatable bonds is 0. The highest BCUT2D eigenvalue weighted by molar-refractivity contribution is 7.10. The Kier molecular flexibility index (Phi) is 4.19. The van der Waals surface area contributed by atoms with Gasteiger partial charge in [-0.15, -0.1) is 11.3 Å². The van der Waals surface area contributed by atoms with E-state index in [0.717, 1.165) is 42.8 Å². The van der Waals surface area contributed by atoms with Crippen LogP contribution < -0.4 is 0 Å². The Hall–Kier alpha value is -1.40. The minimum Gasteiger partial charge on any atom is -0.299 e. The minimum absolute atomic E-state index is 0.000454. The Labute approximate surface area is 161 Å². The molecule has 0 unspecified atom stereocenters. The van der Waals surface area contributed by atoms with Gasteiger partial charge in [-0.05, 0) is 68.3 Å². The number of carbonyl (C=O) groups excluding carboxylic acids is 1. The largest absolute Gasteiger partial charge is 0.299 e. The number of aromatic nitrogens is 1. The van der Waals surface area contributed by atoms with E-state index >= 15 is 0 Å². The molecule has 1 heterocycles. The van der Waals surface area contributed by atoms with E-state index in [-0.39, 0.29) is 16.2 Å². The average molecular weight is 368 g/mol. The van der Waals surface area contributed by atoms with E-state index in [2.05, 4.69) is 49.1 Å². The number of aryl methyl sites for hydroxylation is 1. The van der Waals surface area contributed by atoms with Gasteiger partial charge in [0.25, 0.3) is 0 Å². The summed E-state index contributed by atoms with van der Waals surface area (Å²) >= 11 is 1.65. The third-order valence-electron chi connectivity index (χ3n) is 7.40. The highest BCUT2D eigenvalue weighted by Crippen LogP contribution is 2.65. The zero-order chi connectivity index (χ0) is 18.6. The molecule has 3 aliphatic rings. The second-order valence-corrected chi connectivity index (χ2v) is 10.1. The Bertz CT molecular complexity index is 836. The molecule has 0 bridgehead atoms. The summed E-state index contributed by atoms with van der Waals surface area (Å²) in [5.41, 5.74) is 2.51. The molecular weight excluding hydrogens is 338 g/mol. The highest BCUT2D eigenvalue weighted by atomic mass is 32.1. The van der Waals surface area contributed by atoms with Gasteiger partial charge in [-0.25, -0.2) is 4.98 Å². The van der Waals surface area contributed by atoms with Gasteiger partial charge in [-0.2, -0.15) is 0 Å². The standard InChI is InChI=1S/C23H29NOS/c1-16-15-26-20(24-16)10-14-23-11-6-5-7-18(23)22(4)12-9-19(25)21(2,3)17(22)8-13-23/h7,15,17H,5-6,8-9,11-13H2,1-4H3/t17-,22-,23+/m0/s1. The van der Waals surface area contributed by atoms with E-state index in [4.69, 9.17) is 0 Å². The van der Waals surface area contributed by atoms with Crippen LogP contribution in [0.4, 0.5) is 0 Å². The van der Waals surface area contributed by atoms with Crippen molar-refractivity contribution in [2.75, 3.05) is 0 Å². The van der Waals surface area contributed by atoms with Gasteiger partial charge in [0, 0.05) is 22.9 Å². The molecule has 0 aliphatic heterocycles. The zero-order valence-electron chi connectivity index (χ0n) is 16.4. The molecular formula is C23H29NOS. The van der Waals surface area contributed by atoms with Crippen LogP contribution in [0.5, 0.6) is 0 Å². The summed E-state index contributed by atoms with van der Waals surface area (Å²) in [4.78, 5) is 17.2. The van der Waals surface area contributed by atoms with Gasteiger partial charge in [-0.1, -0.05) is 32.8 Å². The third-order valence-corrected chi connectivity index (χ3v) is 8.28. The second-order valence-electron chi connectivity index (χ2n) is 9.29. The van der Waals surface area contributed by atoms with Crippen LogP contribution in [0.25, 0.3) is 0 Å². The third kappa shape index (κ3) is 2.61. The van der Waals surface area contributed by atoms with Crippen molar-refractivity contribution in [1.29, 1.82) is 0 Å². The Morgan fingerprint density at radius 2 is 2.04 bits per heavy atom. The monoisotopic (exact) mass is 367 g/mol. The first-order chi connectivity index (χ1) is 12.3. The number of nitrogens with zero attached hydrogens (tertiary/aromatic N) is 1. The van der Waals surface area contributed by atoms with Gasteiger partial charge >= 0.3 is 0 Å². The summed E-state index contributed by atoms with van der Waals surface area (Å²) < 4.78 is 0. The molecule has 0 saturated heterocycles. The van der Waals surface area contributed by atoms with Gasteiger partial charge in [0.1, 0.15) is 5.78 Å². The first-order valence-corrected chi connectivity index (χ1v) is 10.9. The fourth-order valence-electron chi connectivity index (χ4n) is 6.05. The molecule has 2 saturated carbocycles. The van der Waals surface area contributed by atoms with Crippen molar-refractivity contribution in [3.63, 3.8) is 0 Å². The zero-order valence-corrected chi connectivity index (χ0v) is 17.3. The quantitative estimate of drug-likeness (QED) is 0.434. The number of carbonyl (C=O) groups is 1. The summed E-state index contributed by atoms with van der Waals surface area (Å²) in [6, 6.07) is 0.